The molecule has 1 aliphatic rings. The first kappa shape index (κ1) is 23.9. The number of carbonyl (C=O) groups is 4. The number of benzene rings is 3. The summed E-state index contributed by atoms with van der Waals surface area (Å²) in [5.74, 6) is -1.68. The number of urea groups is 1. The topological polar surface area (TPSA) is 102 Å². The molecule has 35 heavy (non-hydrogen) atoms. The van der Waals surface area contributed by atoms with Crippen LogP contribution < -0.4 is 19.7 Å². The molecule has 3 aromatic rings. The number of hydrogen-bond donors (Lipinski definition) is 1. The van der Waals surface area contributed by atoms with E-state index in [9.17, 15) is 19.2 Å². The molecule has 0 atom stereocenters. The third kappa shape index (κ3) is 5.30. The van der Waals surface area contributed by atoms with Crippen LogP contribution in [0.15, 0.2) is 82.8 Å². The van der Waals surface area contributed by atoms with Crippen molar-refractivity contribution in [3.8, 4) is 11.5 Å². The van der Waals surface area contributed by atoms with Crippen LogP contribution in [0, 0.1) is 0 Å². The minimum atomic E-state index is -0.836. The van der Waals surface area contributed by atoms with Gasteiger partial charge in [0.05, 0.1) is 17.9 Å². The average molecular weight is 535 g/mol. The molecule has 1 fully saturated rings. The van der Waals surface area contributed by atoms with E-state index in [-0.39, 0.29) is 17.1 Å². The van der Waals surface area contributed by atoms with Gasteiger partial charge in [0.1, 0.15) is 5.57 Å². The second kappa shape index (κ2) is 10.4. The molecule has 0 aliphatic carbocycles. The third-order valence-electron chi connectivity index (χ3n) is 4.98. The van der Waals surface area contributed by atoms with Gasteiger partial charge in [-0.3, -0.25) is 14.9 Å². The van der Waals surface area contributed by atoms with E-state index in [2.05, 4.69) is 21.2 Å². The summed E-state index contributed by atoms with van der Waals surface area (Å²) in [6.07, 6.45) is 1.35. The average Bonchev–Trinajstić information content (AvgIpc) is 2.85. The van der Waals surface area contributed by atoms with Crippen LogP contribution in [-0.2, 0) is 9.59 Å². The Labute approximate surface area is 209 Å². The molecular weight excluding hydrogens is 516 g/mol. The lowest BCUT2D eigenvalue weighted by atomic mass is 10.1. The highest BCUT2D eigenvalue weighted by Crippen LogP contribution is 2.31. The van der Waals surface area contributed by atoms with Gasteiger partial charge in [0.25, 0.3) is 11.8 Å². The fourth-order valence-corrected chi connectivity index (χ4v) is 3.61. The zero-order chi connectivity index (χ0) is 24.9. The van der Waals surface area contributed by atoms with Crippen LogP contribution in [0.3, 0.4) is 0 Å². The summed E-state index contributed by atoms with van der Waals surface area (Å²) in [5, 5.41) is 2.19. The first-order chi connectivity index (χ1) is 16.9. The van der Waals surface area contributed by atoms with Crippen LogP contribution in [0.5, 0.6) is 11.5 Å². The molecule has 4 rings (SSSR count). The van der Waals surface area contributed by atoms with Crippen molar-refractivity contribution in [3.63, 3.8) is 0 Å². The van der Waals surface area contributed by atoms with Gasteiger partial charge in [-0.1, -0.05) is 40.2 Å². The normalized spacial score (nSPS) is 14.6. The highest BCUT2D eigenvalue weighted by Gasteiger charge is 2.36. The molecule has 0 bridgehead atoms. The van der Waals surface area contributed by atoms with E-state index in [4.69, 9.17) is 9.47 Å². The minimum absolute atomic E-state index is 0.189. The zero-order valence-electron chi connectivity index (χ0n) is 18.5. The Morgan fingerprint density at radius 1 is 0.971 bits per heavy atom. The maximum Gasteiger partial charge on any atom is 0.343 e. The Bertz CT molecular complexity index is 1340. The smallest absolute Gasteiger partial charge is 0.343 e. The summed E-state index contributed by atoms with van der Waals surface area (Å²) in [4.78, 5) is 51.3. The van der Waals surface area contributed by atoms with Crippen LogP contribution in [0.1, 0.15) is 22.8 Å². The Morgan fingerprint density at radius 2 is 1.69 bits per heavy atom. The van der Waals surface area contributed by atoms with Crippen molar-refractivity contribution in [2.45, 2.75) is 6.92 Å². The largest absolute Gasteiger partial charge is 0.490 e. The van der Waals surface area contributed by atoms with Gasteiger partial charge in [0.2, 0.25) is 0 Å². The fraction of sp³-hybridized carbons (Fsp3) is 0.0769. The first-order valence-corrected chi connectivity index (χ1v) is 11.4. The van der Waals surface area contributed by atoms with E-state index < -0.39 is 23.8 Å². The Kier molecular flexibility index (Phi) is 7.07. The molecule has 4 amide bonds. The lowest BCUT2D eigenvalue weighted by Crippen LogP contribution is -2.54. The van der Waals surface area contributed by atoms with Crippen LogP contribution in [0.2, 0.25) is 0 Å². The van der Waals surface area contributed by atoms with E-state index in [0.29, 0.717) is 23.4 Å². The number of rotatable bonds is 6. The predicted molar refractivity (Wildman–Crippen MR) is 132 cm³/mol. The number of ether oxygens (including phenoxy) is 2. The second-order valence-electron chi connectivity index (χ2n) is 7.33. The number of barbiturate groups is 1. The molecule has 1 N–H and O–H groups in total. The lowest BCUT2D eigenvalue weighted by molar-refractivity contribution is -0.122. The Morgan fingerprint density at radius 3 is 2.37 bits per heavy atom. The zero-order valence-corrected chi connectivity index (χ0v) is 20.1. The summed E-state index contributed by atoms with van der Waals surface area (Å²) in [6, 6.07) is 18.8. The fourth-order valence-electron chi connectivity index (χ4n) is 3.35. The monoisotopic (exact) mass is 534 g/mol. The van der Waals surface area contributed by atoms with E-state index >= 15 is 0 Å². The maximum atomic E-state index is 13.1. The molecule has 0 aromatic heterocycles. The highest BCUT2D eigenvalue weighted by atomic mass is 79.9. The number of anilines is 1. The van der Waals surface area contributed by atoms with Gasteiger partial charge in [-0.15, -0.1) is 0 Å². The predicted octanol–water partition coefficient (Wildman–Crippen LogP) is 4.73. The number of nitrogens with zero attached hydrogens (tertiary/aromatic N) is 1. The molecule has 0 spiro atoms. The number of esters is 1. The quantitative estimate of drug-likeness (QED) is 0.212. The molecule has 1 saturated heterocycles. The summed E-state index contributed by atoms with van der Waals surface area (Å²) >= 11 is 3.31. The molecule has 1 aliphatic heterocycles. The first-order valence-electron chi connectivity index (χ1n) is 10.6. The molecule has 0 radical (unpaired) electrons. The molecule has 0 unspecified atom stereocenters. The number of hydrogen-bond acceptors (Lipinski definition) is 6. The van der Waals surface area contributed by atoms with Crippen molar-refractivity contribution < 1.29 is 28.7 Å². The molecule has 3 aromatic carbocycles. The van der Waals surface area contributed by atoms with Gasteiger partial charge in [0.15, 0.2) is 11.5 Å². The van der Waals surface area contributed by atoms with E-state index in [1.807, 2.05) is 0 Å². The van der Waals surface area contributed by atoms with Crippen molar-refractivity contribution in [1.82, 2.24) is 5.32 Å². The summed E-state index contributed by atoms with van der Waals surface area (Å²) < 4.78 is 11.9. The van der Waals surface area contributed by atoms with E-state index in [1.54, 1.807) is 73.7 Å². The van der Waals surface area contributed by atoms with Gasteiger partial charge in [-0.25, -0.2) is 14.5 Å². The van der Waals surface area contributed by atoms with Gasteiger partial charge in [-0.2, -0.15) is 0 Å². The summed E-state index contributed by atoms with van der Waals surface area (Å²) in [5.41, 5.74) is 0.899. The van der Waals surface area contributed by atoms with E-state index in [0.717, 1.165) is 9.37 Å². The lowest BCUT2D eigenvalue weighted by Gasteiger charge is -2.26. The number of carbonyl (C=O) groups excluding carboxylic acids is 4. The van der Waals surface area contributed by atoms with Crippen molar-refractivity contribution in [2.24, 2.45) is 0 Å². The van der Waals surface area contributed by atoms with Gasteiger partial charge >= 0.3 is 12.0 Å². The molecule has 1 heterocycles. The van der Waals surface area contributed by atoms with Gasteiger partial charge in [-0.05, 0) is 67.1 Å². The van der Waals surface area contributed by atoms with Gasteiger partial charge in [0, 0.05) is 4.47 Å². The number of halogens is 1. The molecule has 9 heteroatoms. The van der Waals surface area contributed by atoms with Crippen LogP contribution in [-0.4, -0.2) is 30.4 Å². The summed E-state index contributed by atoms with van der Waals surface area (Å²) in [6.45, 7) is 2.06. The maximum absolute atomic E-state index is 13.1. The van der Waals surface area contributed by atoms with Crippen molar-refractivity contribution in [3.05, 3.63) is 94.0 Å². The van der Waals surface area contributed by atoms with Crippen LogP contribution in [0.25, 0.3) is 6.08 Å². The molecule has 176 valence electrons. The Hall–Kier alpha value is -4.24. The highest BCUT2D eigenvalue weighted by molar-refractivity contribution is 9.10. The number of amides is 4. The van der Waals surface area contributed by atoms with Gasteiger partial charge < -0.3 is 9.47 Å². The minimum Gasteiger partial charge on any atom is -0.490 e. The molecule has 0 saturated carbocycles. The second-order valence-corrected chi connectivity index (χ2v) is 8.24. The number of imide groups is 2. The standard InChI is InChI=1S/C26H19BrN2O6/c1-2-34-22-15-16(8-13-21(22)35-25(32)17-6-4-3-5-7-17)14-20-23(30)28-26(33)29(24(20)31)19-11-9-18(27)10-12-19/h3-15H,2H2,1H3,(H,28,30,33)/b20-14+. The van der Waals surface area contributed by atoms with Crippen LogP contribution in [0.4, 0.5) is 10.5 Å². The molecule has 8 nitrogen and oxygen atoms in total. The Balaban J connectivity index is 1.64. The number of nitrogens with one attached hydrogen (secondary N) is 1. The van der Waals surface area contributed by atoms with Crippen LogP contribution >= 0.6 is 15.9 Å². The summed E-state index contributed by atoms with van der Waals surface area (Å²) in [7, 11) is 0. The van der Waals surface area contributed by atoms with Crippen molar-refractivity contribution >= 4 is 51.5 Å². The van der Waals surface area contributed by atoms with E-state index in [1.165, 1.54) is 12.1 Å². The SMILES string of the molecule is CCOc1cc(/C=C2\C(=O)NC(=O)N(c3ccc(Br)cc3)C2=O)ccc1OC(=O)c1ccccc1. The third-order valence-corrected chi connectivity index (χ3v) is 5.51. The molecular formula is C26H19BrN2O6. The van der Waals surface area contributed by atoms with Crippen molar-refractivity contribution in [1.29, 1.82) is 0 Å². The van der Waals surface area contributed by atoms with Crippen molar-refractivity contribution in [2.75, 3.05) is 11.5 Å².